The first kappa shape index (κ1) is 28.3. The molecule has 1 amide bonds. The van der Waals surface area contributed by atoms with E-state index in [0.29, 0.717) is 47.3 Å². The summed E-state index contributed by atoms with van der Waals surface area (Å²) in [7, 11) is 2.11. The molecule has 9 unspecified atom stereocenters. The summed E-state index contributed by atoms with van der Waals surface area (Å²) in [4.78, 5) is 26.3. The number of amides is 1. The highest BCUT2D eigenvalue weighted by molar-refractivity contribution is 5.79. The molecule has 2 heterocycles. The number of nitrogens with one attached hydrogen (secondary N) is 2. The van der Waals surface area contributed by atoms with Gasteiger partial charge in [-0.2, -0.15) is 0 Å². The highest BCUT2D eigenvalue weighted by Gasteiger charge is 2.60. The topological polar surface area (TPSA) is 70.7 Å². The largest absolute Gasteiger partial charge is 0.368 e. The number of ketones is 1. The van der Waals surface area contributed by atoms with Gasteiger partial charge in [0.25, 0.3) is 0 Å². The zero-order chi connectivity index (χ0) is 27.3. The van der Waals surface area contributed by atoms with Crippen molar-refractivity contribution in [3.63, 3.8) is 0 Å². The lowest BCUT2D eigenvalue weighted by Gasteiger charge is -2.53. The number of allylic oxidation sites excluding steroid dienone is 1. The van der Waals surface area contributed by atoms with E-state index < -0.39 is 0 Å². The predicted molar refractivity (Wildman–Crippen MR) is 151 cm³/mol. The van der Waals surface area contributed by atoms with E-state index in [0.717, 1.165) is 58.0 Å². The van der Waals surface area contributed by atoms with Gasteiger partial charge in [-0.25, -0.2) is 0 Å². The average molecular weight is 528 g/mol. The molecule has 38 heavy (non-hydrogen) atoms. The lowest BCUT2D eigenvalue weighted by atomic mass is 9.51. The van der Waals surface area contributed by atoms with Gasteiger partial charge in [0.15, 0.2) is 0 Å². The summed E-state index contributed by atoms with van der Waals surface area (Å²) < 4.78 is 7.18. The summed E-state index contributed by atoms with van der Waals surface area (Å²) >= 11 is 0. The SMILES string of the molecule is CNC12CC3(CCC(C4CCC5CC(=O)CCC5(C)C4C)C=C(C)C3)OC1CC(C)CN2CCNC(C)=O. The minimum atomic E-state index is -0.168. The van der Waals surface area contributed by atoms with Crippen LogP contribution in [0.25, 0.3) is 0 Å². The molecule has 0 aromatic rings. The van der Waals surface area contributed by atoms with Crippen LogP contribution in [0.15, 0.2) is 11.6 Å². The molecule has 6 heteroatoms. The van der Waals surface area contributed by atoms with Crippen molar-refractivity contribution < 1.29 is 14.3 Å². The molecular formula is C32H53N3O3. The van der Waals surface area contributed by atoms with Crippen LogP contribution in [0.3, 0.4) is 0 Å². The van der Waals surface area contributed by atoms with E-state index in [-0.39, 0.29) is 23.3 Å². The van der Waals surface area contributed by atoms with Crippen molar-refractivity contribution in [1.29, 1.82) is 0 Å². The number of nitrogens with zero attached hydrogens (tertiary/aromatic N) is 1. The molecule has 2 aliphatic heterocycles. The maximum atomic E-state index is 12.2. The molecule has 2 N–H and O–H groups in total. The lowest BCUT2D eigenvalue weighted by Crippen LogP contribution is -2.67. The number of Topliss-reactive ketones (excluding diaryl/α,β-unsaturated/α-hetero) is 1. The van der Waals surface area contributed by atoms with Crippen LogP contribution in [-0.2, 0) is 14.3 Å². The third kappa shape index (κ3) is 5.03. The molecule has 0 radical (unpaired) electrons. The Labute approximate surface area is 231 Å². The molecule has 214 valence electrons. The van der Waals surface area contributed by atoms with Gasteiger partial charge in [-0.3, -0.25) is 19.8 Å². The van der Waals surface area contributed by atoms with Crippen molar-refractivity contribution in [1.82, 2.24) is 15.5 Å². The van der Waals surface area contributed by atoms with Crippen molar-refractivity contribution >= 4 is 11.7 Å². The number of carbonyl (C=O) groups excluding carboxylic acids is 2. The summed E-state index contributed by atoms with van der Waals surface area (Å²) in [5, 5.41) is 6.77. The fourth-order valence-corrected chi connectivity index (χ4v) is 9.74. The van der Waals surface area contributed by atoms with Gasteiger partial charge in [0.05, 0.1) is 11.7 Å². The number of likely N-dealkylation sites (N-methyl/N-ethyl adjacent to an activating group) is 1. The monoisotopic (exact) mass is 527 g/mol. The Morgan fingerprint density at radius 1 is 1.21 bits per heavy atom. The average Bonchev–Trinajstić information content (AvgIpc) is 3.08. The van der Waals surface area contributed by atoms with Gasteiger partial charge in [-0.05, 0) is 93.9 Å². The number of carbonyl (C=O) groups is 2. The Hall–Kier alpha value is -1.24. The molecule has 5 aliphatic rings. The first-order valence-electron chi connectivity index (χ1n) is 15.6. The Morgan fingerprint density at radius 3 is 2.74 bits per heavy atom. The van der Waals surface area contributed by atoms with Crippen LogP contribution in [0.2, 0.25) is 0 Å². The molecule has 3 aliphatic carbocycles. The second kappa shape index (κ2) is 10.6. The normalized spacial score (nSPS) is 45.7. The Morgan fingerprint density at radius 2 is 2.00 bits per heavy atom. The first-order chi connectivity index (χ1) is 18.0. The number of hydrogen-bond acceptors (Lipinski definition) is 5. The van der Waals surface area contributed by atoms with E-state index >= 15 is 0 Å². The van der Waals surface area contributed by atoms with Crippen LogP contribution >= 0.6 is 0 Å². The number of fused-ring (bicyclic) bond motifs is 2. The number of ether oxygens (including phenoxy) is 1. The van der Waals surface area contributed by atoms with Gasteiger partial charge < -0.3 is 10.1 Å². The number of likely N-dealkylation sites (tertiary alicyclic amines) is 1. The van der Waals surface area contributed by atoms with Crippen LogP contribution in [0.4, 0.5) is 0 Å². The Bertz CT molecular complexity index is 950. The predicted octanol–water partition coefficient (Wildman–Crippen LogP) is 5.08. The standard InChI is InChI=1S/C32H53N3O3/c1-21-15-25(28-8-7-26-17-27(37)10-11-30(26,5)23(28)3)9-12-31(18-21)20-32(33-6)29(38-31)16-22(2)19-35(32)14-13-34-24(4)36/h15,22-23,25-26,28-29,33H,7-14,16-20H2,1-6H3,(H,34,36). The van der Waals surface area contributed by atoms with Crippen molar-refractivity contribution in [2.24, 2.45) is 35.0 Å². The van der Waals surface area contributed by atoms with Crippen molar-refractivity contribution in [2.45, 2.75) is 116 Å². The molecule has 5 rings (SSSR count). The van der Waals surface area contributed by atoms with Gasteiger partial charge in [-0.1, -0.05) is 32.4 Å². The van der Waals surface area contributed by atoms with E-state index in [9.17, 15) is 9.59 Å². The molecule has 0 bridgehead atoms. The van der Waals surface area contributed by atoms with Crippen LogP contribution in [0.1, 0.15) is 98.8 Å². The highest BCUT2D eigenvalue weighted by atomic mass is 16.5. The lowest BCUT2D eigenvalue weighted by molar-refractivity contribution is -0.130. The summed E-state index contributed by atoms with van der Waals surface area (Å²) in [5.74, 6) is 3.64. The molecule has 2 saturated carbocycles. The molecule has 9 atom stereocenters. The molecule has 2 saturated heterocycles. The minimum Gasteiger partial charge on any atom is -0.368 e. The molecular weight excluding hydrogens is 474 g/mol. The van der Waals surface area contributed by atoms with E-state index in [2.05, 4.69) is 56.4 Å². The second-order valence-electron chi connectivity index (χ2n) is 14.3. The zero-order valence-electron chi connectivity index (χ0n) is 24.9. The summed E-state index contributed by atoms with van der Waals surface area (Å²) in [6, 6.07) is 0. The molecule has 1 spiro atoms. The van der Waals surface area contributed by atoms with E-state index in [1.54, 1.807) is 6.92 Å². The van der Waals surface area contributed by atoms with Gasteiger partial charge in [0.2, 0.25) is 5.91 Å². The zero-order valence-corrected chi connectivity index (χ0v) is 24.9. The molecule has 4 fully saturated rings. The van der Waals surface area contributed by atoms with Crippen LogP contribution in [0, 0.1) is 35.0 Å². The van der Waals surface area contributed by atoms with Gasteiger partial charge in [-0.15, -0.1) is 0 Å². The smallest absolute Gasteiger partial charge is 0.216 e. The van der Waals surface area contributed by atoms with Crippen LogP contribution in [-0.4, -0.2) is 60.6 Å². The summed E-state index contributed by atoms with van der Waals surface area (Å²) in [5.41, 5.74) is 1.51. The third-order valence-corrected chi connectivity index (χ3v) is 11.9. The fraction of sp³-hybridized carbons (Fsp3) is 0.875. The van der Waals surface area contributed by atoms with E-state index in [1.807, 2.05) is 0 Å². The first-order valence-corrected chi connectivity index (χ1v) is 15.6. The van der Waals surface area contributed by atoms with Crippen LogP contribution < -0.4 is 10.6 Å². The maximum absolute atomic E-state index is 12.2. The van der Waals surface area contributed by atoms with E-state index in [4.69, 9.17) is 4.74 Å². The van der Waals surface area contributed by atoms with Crippen molar-refractivity contribution in [2.75, 3.05) is 26.7 Å². The molecule has 0 aromatic carbocycles. The Kier molecular flexibility index (Phi) is 7.91. The van der Waals surface area contributed by atoms with Gasteiger partial charge in [0, 0.05) is 45.8 Å². The number of hydrogen-bond donors (Lipinski definition) is 2. The summed E-state index contributed by atoms with van der Waals surface area (Å²) in [6.07, 6.45) is 13.4. The minimum absolute atomic E-state index is 0.0387. The van der Waals surface area contributed by atoms with Crippen LogP contribution in [0.5, 0.6) is 0 Å². The number of piperidine rings is 1. The second-order valence-corrected chi connectivity index (χ2v) is 14.3. The van der Waals surface area contributed by atoms with Crippen molar-refractivity contribution in [3.05, 3.63) is 11.6 Å². The quantitative estimate of drug-likeness (QED) is 0.488. The van der Waals surface area contributed by atoms with E-state index in [1.165, 1.54) is 24.8 Å². The molecule has 0 aromatic heterocycles. The van der Waals surface area contributed by atoms with Gasteiger partial charge in [0.1, 0.15) is 11.4 Å². The molecule has 6 nitrogen and oxygen atoms in total. The maximum Gasteiger partial charge on any atom is 0.216 e. The van der Waals surface area contributed by atoms with Crippen molar-refractivity contribution in [3.8, 4) is 0 Å². The number of rotatable bonds is 5. The Balaban J connectivity index is 1.33. The fourth-order valence-electron chi connectivity index (χ4n) is 9.74. The third-order valence-electron chi connectivity index (χ3n) is 11.9. The van der Waals surface area contributed by atoms with Gasteiger partial charge >= 0.3 is 0 Å². The highest BCUT2D eigenvalue weighted by Crippen LogP contribution is 2.58. The summed E-state index contributed by atoms with van der Waals surface area (Å²) in [6.45, 7) is 13.8.